The van der Waals surface area contributed by atoms with Crippen LogP contribution in [0.3, 0.4) is 0 Å². The minimum absolute atomic E-state index is 0.188. The van der Waals surface area contributed by atoms with Gasteiger partial charge in [-0.05, 0) is 45.1 Å². The molecule has 0 unspecified atom stereocenters. The van der Waals surface area contributed by atoms with E-state index in [0.717, 1.165) is 43.3 Å². The minimum Gasteiger partial charge on any atom is -0.350 e. The number of anilines is 1. The van der Waals surface area contributed by atoms with Crippen molar-refractivity contribution in [3.05, 3.63) is 17.5 Å². The van der Waals surface area contributed by atoms with E-state index in [1.807, 2.05) is 13.0 Å². The van der Waals surface area contributed by atoms with Crippen LogP contribution in [0.25, 0.3) is 0 Å². The summed E-state index contributed by atoms with van der Waals surface area (Å²) in [5, 5.41) is 3.05. The van der Waals surface area contributed by atoms with Gasteiger partial charge in [-0.15, -0.1) is 0 Å². The largest absolute Gasteiger partial charge is 0.350 e. The molecule has 22 heavy (non-hydrogen) atoms. The van der Waals surface area contributed by atoms with Crippen LogP contribution in [0.4, 0.5) is 5.95 Å². The van der Waals surface area contributed by atoms with Crippen molar-refractivity contribution in [2.45, 2.75) is 58.4 Å². The molecule has 2 heterocycles. The fraction of sp³-hybridized carbons (Fsp3) is 0.706. The molecule has 0 bridgehead atoms. The number of rotatable bonds is 4. The quantitative estimate of drug-likeness (QED) is 0.928. The molecule has 0 radical (unpaired) electrons. The van der Waals surface area contributed by atoms with E-state index in [0.29, 0.717) is 6.54 Å². The summed E-state index contributed by atoms with van der Waals surface area (Å²) in [6.07, 6.45) is 8.16. The Labute approximate surface area is 132 Å². The highest BCUT2D eigenvalue weighted by atomic mass is 16.1. The summed E-state index contributed by atoms with van der Waals surface area (Å²) < 4.78 is 0. The molecule has 3 rings (SSSR count). The second kappa shape index (κ2) is 7.07. The number of hydrogen-bond donors (Lipinski definition) is 1. The maximum Gasteiger partial charge on any atom is 0.225 e. The van der Waals surface area contributed by atoms with Gasteiger partial charge in [0, 0.05) is 24.7 Å². The second-order valence-electron chi connectivity index (χ2n) is 6.55. The van der Waals surface area contributed by atoms with Crippen LogP contribution in [0, 0.1) is 12.8 Å². The van der Waals surface area contributed by atoms with E-state index < -0.39 is 0 Å². The molecule has 0 atom stereocenters. The highest BCUT2D eigenvalue weighted by molar-refractivity contribution is 5.78. The topological polar surface area (TPSA) is 58.1 Å². The summed E-state index contributed by atoms with van der Waals surface area (Å²) in [5.41, 5.74) is 1.89. The molecular formula is C17H26N4O. The number of carbonyl (C=O) groups excluding carboxylic acids is 1. The molecule has 1 aromatic heterocycles. The fourth-order valence-corrected chi connectivity index (χ4v) is 3.45. The van der Waals surface area contributed by atoms with Gasteiger partial charge in [-0.25, -0.2) is 9.97 Å². The van der Waals surface area contributed by atoms with Crippen molar-refractivity contribution in [1.29, 1.82) is 0 Å². The third-order valence-corrected chi connectivity index (χ3v) is 4.70. The predicted octanol–water partition coefficient (Wildman–Crippen LogP) is 2.58. The van der Waals surface area contributed by atoms with Crippen LogP contribution in [0.1, 0.15) is 56.3 Å². The summed E-state index contributed by atoms with van der Waals surface area (Å²) in [5.74, 6) is 1.22. The number of aromatic nitrogens is 2. The van der Waals surface area contributed by atoms with Crippen LogP contribution in [-0.2, 0) is 11.3 Å². The van der Waals surface area contributed by atoms with Crippen LogP contribution < -0.4 is 10.2 Å². The number of piperidine rings is 1. The van der Waals surface area contributed by atoms with E-state index >= 15 is 0 Å². The van der Waals surface area contributed by atoms with E-state index in [-0.39, 0.29) is 11.8 Å². The lowest BCUT2D eigenvalue weighted by molar-refractivity contribution is -0.124. The Hall–Kier alpha value is -1.65. The van der Waals surface area contributed by atoms with Crippen LogP contribution in [0.5, 0.6) is 0 Å². The Kier molecular flexibility index (Phi) is 4.90. The third kappa shape index (κ3) is 3.76. The standard InChI is InChI=1S/C17H26N4O/c1-13-11-15(12-18-16(22)14-7-3-4-8-14)20-17(19-13)21-9-5-2-6-10-21/h11,14H,2-10,12H2,1H3,(H,18,22). The zero-order valence-electron chi connectivity index (χ0n) is 13.5. The highest BCUT2D eigenvalue weighted by Crippen LogP contribution is 2.24. The van der Waals surface area contributed by atoms with E-state index in [4.69, 9.17) is 0 Å². The van der Waals surface area contributed by atoms with Crippen molar-refractivity contribution >= 4 is 11.9 Å². The Morgan fingerprint density at radius 2 is 1.91 bits per heavy atom. The lowest BCUT2D eigenvalue weighted by atomic mass is 10.1. The average Bonchev–Trinajstić information content (AvgIpc) is 3.07. The maximum absolute atomic E-state index is 12.1. The molecule has 0 spiro atoms. The van der Waals surface area contributed by atoms with Gasteiger partial charge in [-0.2, -0.15) is 0 Å². The maximum atomic E-state index is 12.1. The van der Waals surface area contributed by atoms with Gasteiger partial charge in [0.25, 0.3) is 0 Å². The summed E-state index contributed by atoms with van der Waals surface area (Å²) in [6.45, 7) is 4.59. The van der Waals surface area contributed by atoms with Crippen molar-refractivity contribution in [2.24, 2.45) is 5.92 Å². The van der Waals surface area contributed by atoms with E-state index in [1.54, 1.807) is 0 Å². The van der Waals surface area contributed by atoms with Gasteiger partial charge in [-0.3, -0.25) is 4.79 Å². The number of nitrogens with one attached hydrogen (secondary N) is 1. The van der Waals surface area contributed by atoms with Gasteiger partial charge in [0.2, 0.25) is 11.9 Å². The molecule has 1 saturated carbocycles. The first-order valence-electron chi connectivity index (χ1n) is 8.59. The van der Waals surface area contributed by atoms with Crippen LogP contribution in [0.15, 0.2) is 6.07 Å². The molecule has 1 amide bonds. The number of aryl methyl sites for hydroxylation is 1. The first-order valence-corrected chi connectivity index (χ1v) is 8.59. The summed E-state index contributed by atoms with van der Waals surface area (Å²) in [4.78, 5) is 23.6. The molecule has 120 valence electrons. The Morgan fingerprint density at radius 3 is 2.64 bits per heavy atom. The van der Waals surface area contributed by atoms with Crippen molar-refractivity contribution in [1.82, 2.24) is 15.3 Å². The zero-order chi connectivity index (χ0) is 15.4. The lowest BCUT2D eigenvalue weighted by Gasteiger charge is -2.27. The fourth-order valence-electron chi connectivity index (χ4n) is 3.45. The first-order chi connectivity index (χ1) is 10.7. The lowest BCUT2D eigenvalue weighted by Crippen LogP contribution is -2.32. The monoisotopic (exact) mass is 302 g/mol. The molecule has 1 saturated heterocycles. The Balaban J connectivity index is 1.62. The van der Waals surface area contributed by atoms with Crippen molar-refractivity contribution in [2.75, 3.05) is 18.0 Å². The molecule has 5 heteroatoms. The highest BCUT2D eigenvalue weighted by Gasteiger charge is 2.22. The number of hydrogen-bond acceptors (Lipinski definition) is 4. The molecule has 0 aromatic carbocycles. The number of amides is 1. The van der Waals surface area contributed by atoms with Crippen LogP contribution in [-0.4, -0.2) is 29.0 Å². The molecule has 1 aromatic rings. The SMILES string of the molecule is Cc1cc(CNC(=O)C2CCCC2)nc(N2CCCCC2)n1. The third-order valence-electron chi connectivity index (χ3n) is 4.70. The number of nitrogens with zero attached hydrogens (tertiary/aromatic N) is 3. The average molecular weight is 302 g/mol. The zero-order valence-corrected chi connectivity index (χ0v) is 13.5. The van der Waals surface area contributed by atoms with Gasteiger partial charge in [0.05, 0.1) is 12.2 Å². The first kappa shape index (κ1) is 15.3. The van der Waals surface area contributed by atoms with Crippen molar-refractivity contribution in [3.8, 4) is 0 Å². The van der Waals surface area contributed by atoms with E-state index in [2.05, 4.69) is 20.2 Å². The summed E-state index contributed by atoms with van der Waals surface area (Å²) in [7, 11) is 0. The van der Waals surface area contributed by atoms with E-state index in [1.165, 1.54) is 32.1 Å². The van der Waals surface area contributed by atoms with Crippen molar-refractivity contribution < 1.29 is 4.79 Å². The smallest absolute Gasteiger partial charge is 0.225 e. The molecule has 2 fully saturated rings. The minimum atomic E-state index is 0.188. The van der Waals surface area contributed by atoms with E-state index in [9.17, 15) is 4.79 Å². The molecular weight excluding hydrogens is 276 g/mol. The van der Waals surface area contributed by atoms with Gasteiger partial charge < -0.3 is 10.2 Å². The summed E-state index contributed by atoms with van der Waals surface area (Å²) >= 11 is 0. The van der Waals surface area contributed by atoms with Crippen LogP contribution >= 0.6 is 0 Å². The molecule has 1 aliphatic heterocycles. The van der Waals surface area contributed by atoms with Gasteiger partial charge in [0.15, 0.2) is 0 Å². The van der Waals surface area contributed by atoms with Gasteiger partial charge in [-0.1, -0.05) is 12.8 Å². The Bertz CT molecular complexity index is 519. The van der Waals surface area contributed by atoms with Crippen LogP contribution in [0.2, 0.25) is 0 Å². The number of carbonyl (C=O) groups is 1. The van der Waals surface area contributed by atoms with Gasteiger partial charge in [0.1, 0.15) is 0 Å². The summed E-state index contributed by atoms with van der Waals surface area (Å²) in [6, 6.07) is 1.97. The van der Waals surface area contributed by atoms with Gasteiger partial charge >= 0.3 is 0 Å². The molecule has 1 aliphatic carbocycles. The second-order valence-corrected chi connectivity index (χ2v) is 6.55. The Morgan fingerprint density at radius 1 is 1.18 bits per heavy atom. The van der Waals surface area contributed by atoms with Crippen molar-refractivity contribution in [3.63, 3.8) is 0 Å². The molecule has 5 nitrogen and oxygen atoms in total. The predicted molar refractivity (Wildman–Crippen MR) is 86.6 cm³/mol. The normalized spacial score (nSPS) is 19.4. The molecule has 2 aliphatic rings. The molecule has 1 N–H and O–H groups in total.